The van der Waals surface area contributed by atoms with E-state index in [2.05, 4.69) is 47.7 Å². The molecule has 0 amide bonds. The van der Waals surface area contributed by atoms with Crippen molar-refractivity contribution in [2.45, 2.75) is 52.6 Å². The summed E-state index contributed by atoms with van der Waals surface area (Å²) >= 11 is -2.10. The van der Waals surface area contributed by atoms with Gasteiger partial charge >= 0.3 is 127 Å². The topological polar surface area (TPSA) is 48.1 Å². The molecule has 0 aromatic heterocycles. The molecule has 1 aliphatic rings. The van der Waals surface area contributed by atoms with Crippen LogP contribution < -0.4 is 5.73 Å². The van der Waals surface area contributed by atoms with E-state index in [1.54, 1.807) is 0 Å². The van der Waals surface area contributed by atoms with Crippen molar-refractivity contribution in [3.05, 3.63) is 0 Å². The standard InChI is InChI=1S/C10H22N2.C3H8N3.Sb/c1-9(2,3)11-7-8-12-10(4,5)6;1-6(2)3(4)5;/h7-8H2,1-6H3;1-2H3,(H2-,4,5);/q-2;-1;+3. The molecular weight excluding hydrogens is 348 g/mol. The summed E-state index contributed by atoms with van der Waals surface area (Å²) in [7, 11) is 3.91. The maximum absolute atomic E-state index is 6.08. The molecule has 1 aliphatic heterocycles. The van der Waals surface area contributed by atoms with Crippen LogP contribution in [-0.2, 0) is 0 Å². The minimum atomic E-state index is -2.10. The molecule has 0 aromatic rings. The van der Waals surface area contributed by atoms with Crippen LogP contribution in [-0.4, -0.2) is 76.3 Å². The predicted octanol–water partition coefficient (Wildman–Crippen LogP) is 1.06. The van der Waals surface area contributed by atoms with Gasteiger partial charge in [0.05, 0.1) is 0 Å². The summed E-state index contributed by atoms with van der Waals surface area (Å²) in [6.45, 7) is 15.9. The zero-order valence-corrected chi connectivity index (χ0v) is 16.3. The number of nitrogens with two attached hydrogens (primary N) is 1. The molecule has 0 aliphatic carbocycles. The summed E-state index contributed by atoms with van der Waals surface area (Å²) in [5, 5.41) is 0. The Bertz CT molecular complexity index is 318. The van der Waals surface area contributed by atoms with E-state index in [0.29, 0.717) is 5.96 Å². The molecule has 0 radical (unpaired) electrons. The fourth-order valence-electron chi connectivity index (χ4n) is 2.00. The molecule has 0 aromatic carbocycles. The van der Waals surface area contributed by atoms with Crippen LogP contribution in [0, 0.1) is 0 Å². The van der Waals surface area contributed by atoms with Gasteiger partial charge in [-0.2, -0.15) is 0 Å². The van der Waals surface area contributed by atoms with Crippen molar-refractivity contribution in [2.24, 2.45) is 8.89 Å². The number of guanidine groups is 1. The second-order valence-corrected chi connectivity index (χ2v) is 12.1. The number of rotatable bonds is 1. The van der Waals surface area contributed by atoms with Crippen molar-refractivity contribution in [1.29, 1.82) is 0 Å². The second-order valence-electron chi connectivity index (χ2n) is 7.21. The fraction of sp³-hybridized carbons (Fsp3) is 0.923. The van der Waals surface area contributed by atoms with Gasteiger partial charge in [-0.25, -0.2) is 0 Å². The number of nitrogens with zero attached hydrogens (tertiary/aromatic N) is 4. The Morgan fingerprint density at radius 1 is 1.00 bits per heavy atom. The van der Waals surface area contributed by atoms with Crippen LogP contribution in [0.3, 0.4) is 0 Å². The molecule has 19 heavy (non-hydrogen) atoms. The quantitative estimate of drug-likeness (QED) is 0.421. The van der Waals surface area contributed by atoms with E-state index < -0.39 is 21.0 Å². The Morgan fingerprint density at radius 3 is 1.63 bits per heavy atom. The molecule has 5 nitrogen and oxygen atoms in total. The van der Waals surface area contributed by atoms with Crippen LogP contribution in [0.5, 0.6) is 0 Å². The van der Waals surface area contributed by atoms with Crippen molar-refractivity contribution >= 4 is 27.0 Å². The zero-order valence-electron chi connectivity index (χ0n) is 13.7. The van der Waals surface area contributed by atoms with E-state index >= 15 is 0 Å². The van der Waals surface area contributed by atoms with Crippen LogP contribution in [0.15, 0.2) is 3.15 Å². The molecule has 2 N–H and O–H groups in total. The van der Waals surface area contributed by atoms with Crippen molar-refractivity contribution in [2.75, 3.05) is 27.2 Å². The van der Waals surface area contributed by atoms with Gasteiger partial charge in [0.15, 0.2) is 0 Å². The Kier molecular flexibility index (Phi) is 5.19. The Balaban J connectivity index is 3.09. The molecule has 0 saturated carbocycles. The van der Waals surface area contributed by atoms with Gasteiger partial charge in [-0.05, 0) is 0 Å². The van der Waals surface area contributed by atoms with Crippen LogP contribution in [0.2, 0.25) is 0 Å². The van der Waals surface area contributed by atoms with Gasteiger partial charge in [0.2, 0.25) is 0 Å². The average Bonchev–Trinajstić information content (AvgIpc) is 2.59. The van der Waals surface area contributed by atoms with E-state index in [1.807, 2.05) is 19.0 Å². The molecular formula is C13H30N5Sb. The summed E-state index contributed by atoms with van der Waals surface area (Å²) in [5.41, 5.74) is 6.41. The van der Waals surface area contributed by atoms with E-state index in [-0.39, 0.29) is 11.1 Å². The van der Waals surface area contributed by atoms with E-state index in [0.717, 1.165) is 13.1 Å². The third-order valence-electron chi connectivity index (χ3n) is 3.15. The summed E-state index contributed by atoms with van der Waals surface area (Å²) in [6.07, 6.45) is 0. The zero-order chi connectivity index (χ0) is 15.0. The molecule has 0 atom stereocenters. The molecule has 112 valence electrons. The first kappa shape index (κ1) is 17.1. The first-order valence-corrected chi connectivity index (χ1v) is 10.2. The van der Waals surface area contributed by atoms with Crippen LogP contribution >= 0.6 is 0 Å². The summed E-state index contributed by atoms with van der Waals surface area (Å²) in [4.78, 5) is 1.91. The Labute approximate surface area is 126 Å². The Hall–Kier alpha value is 0.00818. The van der Waals surface area contributed by atoms with Crippen LogP contribution in [0.4, 0.5) is 0 Å². The summed E-state index contributed by atoms with van der Waals surface area (Å²) in [5.74, 6) is 0.661. The third kappa shape index (κ3) is 4.24. The van der Waals surface area contributed by atoms with E-state index in [9.17, 15) is 0 Å². The third-order valence-corrected chi connectivity index (χ3v) is 11.3. The molecule has 1 fully saturated rings. The average molecular weight is 378 g/mol. The van der Waals surface area contributed by atoms with Crippen molar-refractivity contribution in [1.82, 2.24) is 11.0 Å². The van der Waals surface area contributed by atoms with Gasteiger partial charge in [0.1, 0.15) is 0 Å². The number of hydrogen-bond donors (Lipinski definition) is 1. The van der Waals surface area contributed by atoms with Crippen molar-refractivity contribution in [3.8, 4) is 0 Å². The fourth-order valence-corrected chi connectivity index (χ4v) is 8.98. The molecule has 6 heteroatoms. The van der Waals surface area contributed by atoms with Gasteiger partial charge < -0.3 is 0 Å². The van der Waals surface area contributed by atoms with E-state index in [4.69, 9.17) is 8.89 Å². The van der Waals surface area contributed by atoms with Gasteiger partial charge in [-0.1, -0.05) is 0 Å². The van der Waals surface area contributed by atoms with Crippen LogP contribution in [0.1, 0.15) is 41.5 Å². The molecule has 0 unspecified atom stereocenters. The van der Waals surface area contributed by atoms with Crippen molar-refractivity contribution in [3.63, 3.8) is 0 Å². The number of hydrogen-bond acceptors (Lipinski definition) is 3. The Morgan fingerprint density at radius 2 is 1.37 bits per heavy atom. The summed E-state index contributed by atoms with van der Waals surface area (Å²) < 4.78 is 10.1. The first-order valence-electron chi connectivity index (χ1n) is 6.81. The van der Waals surface area contributed by atoms with Gasteiger partial charge in [-0.3, -0.25) is 0 Å². The molecule has 0 bridgehead atoms. The second kappa shape index (κ2) is 5.79. The van der Waals surface area contributed by atoms with Crippen LogP contribution in [0.25, 0.3) is 0 Å². The molecule has 1 rings (SSSR count). The monoisotopic (exact) mass is 377 g/mol. The minimum absolute atomic E-state index is 0.166. The SMILES string of the molecule is CN(C)C(N)=[N][Sb]1[N](C(C)(C)C)CC[N]1C(C)(C)C. The molecule has 0 spiro atoms. The van der Waals surface area contributed by atoms with Crippen molar-refractivity contribution < 1.29 is 0 Å². The summed E-state index contributed by atoms with van der Waals surface area (Å²) in [6, 6.07) is 0. The first-order chi connectivity index (χ1) is 8.44. The maximum atomic E-state index is 6.08. The van der Waals surface area contributed by atoms with E-state index in [1.165, 1.54) is 0 Å². The van der Waals surface area contributed by atoms with Gasteiger partial charge in [0.25, 0.3) is 0 Å². The molecule has 1 heterocycles. The molecule has 1 saturated heterocycles. The van der Waals surface area contributed by atoms with Gasteiger partial charge in [0, 0.05) is 0 Å². The van der Waals surface area contributed by atoms with Gasteiger partial charge in [-0.15, -0.1) is 0 Å². The normalized spacial score (nSPS) is 21.2. The predicted molar refractivity (Wildman–Crippen MR) is 84.0 cm³/mol.